The summed E-state index contributed by atoms with van der Waals surface area (Å²) in [6.45, 7) is 4.95. The van der Waals surface area contributed by atoms with Crippen molar-refractivity contribution in [2.75, 3.05) is 5.32 Å². The topological polar surface area (TPSA) is 56.2 Å². The van der Waals surface area contributed by atoms with Crippen molar-refractivity contribution in [3.63, 3.8) is 0 Å². The Bertz CT molecular complexity index is 995. The molecule has 5 nitrogen and oxygen atoms in total. The second-order valence-corrected chi connectivity index (χ2v) is 7.26. The molecule has 1 N–H and O–H groups in total. The van der Waals surface area contributed by atoms with E-state index in [1.54, 1.807) is 6.07 Å². The highest BCUT2D eigenvalue weighted by atomic mass is 35.5. The highest BCUT2D eigenvalue weighted by Crippen LogP contribution is 2.27. The standard InChI is InChI=1S/C21H20ClN3O2/c1-13-3-4-14(2)18(9-13)23-21(26)19-10-17-12-27-20(11-25(17)24-19)15-5-7-16(22)8-6-15/h3-10,20H,11-12H2,1-2H3,(H,23,26). The van der Waals surface area contributed by atoms with E-state index in [1.165, 1.54) is 0 Å². The van der Waals surface area contributed by atoms with Crippen LogP contribution < -0.4 is 5.32 Å². The van der Waals surface area contributed by atoms with Crippen molar-refractivity contribution >= 4 is 23.2 Å². The maximum atomic E-state index is 12.6. The molecule has 138 valence electrons. The van der Waals surface area contributed by atoms with Gasteiger partial charge in [0.05, 0.1) is 18.8 Å². The first kappa shape index (κ1) is 17.8. The molecule has 0 saturated carbocycles. The van der Waals surface area contributed by atoms with Gasteiger partial charge in [-0.25, -0.2) is 0 Å². The molecule has 0 radical (unpaired) electrons. The minimum absolute atomic E-state index is 0.107. The maximum Gasteiger partial charge on any atom is 0.276 e. The number of aromatic nitrogens is 2. The van der Waals surface area contributed by atoms with E-state index in [-0.39, 0.29) is 12.0 Å². The summed E-state index contributed by atoms with van der Waals surface area (Å²) in [5.41, 5.74) is 5.25. The average Bonchev–Trinajstić information content (AvgIpc) is 3.09. The third kappa shape index (κ3) is 3.75. The predicted octanol–water partition coefficient (Wildman–Crippen LogP) is 4.68. The SMILES string of the molecule is Cc1ccc(C)c(NC(=O)c2cc3n(n2)CC(c2ccc(Cl)cc2)OC3)c1. The Hall–Kier alpha value is -2.63. The number of aryl methyl sites for hydroxylation is 2. The smallest absolute Gasteiger partial charge is 0.276 e. The van der Waals surface area contributed by atoms with Gasteiger partial charge in [0.2, 0.25) is 0 Å². The highest BCUT2D eigenvalue weighted by molar-refractivity contribution is 6.30. The number of hydrogen-bond donors (Lipinski definition) is 1. The number of benzene rings is 2. The van der Waals surface area contributed by atoms with Crippen molar-refractivity contribution in [1.82, 2.24) is 9.78 Å². The lowest BCUT2D eigenvalue weighted by Crippen LogP contribution is -2.22. The molecule has 2 aromatic carbocycles. The maximum absolute atomic E-state index is 12.6. The van der Waals surface area contributed by atoms with Crippen molar-refractivity contribution < 1.29 is 9.53 Å². The number of hydrogen-bond acceptors (Lipinski definition) is 3. The highest BCUT2D eigenvalue weighted by Gasteiger charge is 2.24. The third-order valence-corrected chi connectivity index (χ3v) is 5.00. The van der Waals surface area contributed by atoms with Crippen LogP contribution in [0.25, 0.3) is 0 Å². The van der Waals surface area contributed by atoms with Crippen LogP contribution in [-0.4, -0.2) is 15.7 Å². The molecule has 1 aliphatic rings. The summed E-state index contributed by atoms with van der Waals surface area (Å²) in [4.78, 5) is 12.6. The fourth-order valence-electron chi connectivity index (χ4n) is 3.17. The lowest BCUT2D eigenvalue weighted by atomic mass is 10.1. The van der Waals surface area contributed by atoms with Crippen molar-refractivity contribution in [3.05, 3.63) is 81.6 Å². The van der Waals surface area contributed by atoms with E-state index in [2.05, 4.69) is 10.4 Å². The monoisotopic (exact) mass is 381 g/mol. The number of rotatable bonds is 3. The van der Waals surface area contributed by atoms with Gasteiger partial charge in [-0.05, 0) is 54.8 Å². The van der Waals surface area contributed by atoms with Gasteiger partial charge in [0.1, 0.15) is 6.10 Å². The second kappa shape index (κ2) is 7.18. The number of halogens is 1. The molecular formula is C21H20ClN3O2. The number of anilines is 1. The lowest BCUT2D eigenvalue weighted by Gasteiger charge is -2.24. The van der Waals surface area contributed by atoms with Gasteiger partial charge in [0, 0.05) is 10.7 Å². The van der Waals surface area contributed by atoms with Gasteiger partial charge >= 0.3 is 0 Å². The first-order chi connectivity index (χ1) is 13.0. The van der Waals surface area contributed by atoms with Crippen LogP contribution in [0.15, 0.2) is 48.5 Å². The molecule has 0 saturated heterocycles. The quantitative estimate of drug-likeness (QED) is 0.716. The van der Waals surface area contributed by atoms with Crippen LogP contribution in [-0.2, 0) is 17.9 Å². The molecule has 27 heavy (non-hydrogen) atoms. The Balaban J connectivity index is 1.52. The first-order valence-corrected chi connectivity index (χ1v) is 9.20. The Morgan fingerprint density at radius 1 is 1.19 bits per heavy atom. The molecule has 3 aromatic rings. The van der Waals surface area contributed by atoms with E-state index in [0.717, 1.165) is 28.1 Å². The van der Waals surface area contributed by atoms with Gasteiger partial charge in [0.25, 0.3) is 5.91 Å². The summed E-state index contributed by atoms with van der Waals surface area (Å²) in [7, 11) is 0. The van der Waals surface area contributed by atoms with Gasteiger partial charge in [0.15, 0.2) is 5.69 Å². The van der Waals surface area contributed by atoms with E-state index >= 15 is 0 Å². The van der Waals surface area contributed by atoms with Gasteiger partial charge in [-0.3, -0.25) is 9.48 Å². The average molecular weight is 382 g/mol. The van der Waals surface area contributed by atoms with Crippen molar-refractivity contribution in [1.29, 1.82) is 0 Å². The zero-order chi connectivity index (χ0) is 19.0. The Morgan fingerprint density at radius 2 is 1.96 bits per heavy atom. The van der Waals surface area contributed by atoms with Crippen LogP contribution in [0, 0.1) is 13.8 Å². The molecule has 1 atom stereocenters. The molecule has 1 aromatic heterocycles. The molecule has 4 rings (SSSR count). The van der Waals surface area contributed by atoms with E-state index < -0.39 is 0 Å². The third-order valence-electron chi connectivity index (χ3n) is 4.75. The van der Waals surface area contributed by atoms with Gasteiger partial charge in [-0.15, -0.1) is 0 Å². The number of carbonyl (C=O) groups excluding carboxylic acids is 1. The van der Waals surface area contributed by atoms with Crippen LogP contribution in [0.2, 0.25) is 5.02 Å². The Morgan fingerprint density at radius 3 is 2.74 bits per heavy atom. The van der Waals surface area contributed by atoms with Crippen LogP contribution >= 0.6 is 11.6 Å². The van der Waals surface area contributed by atoms with Crippen LogP contribution in [0.1, 0.15) is 39.0 Å². The lowest BCUT2D eigenvalue weighted by molar-refractivity contribution is -0.00118. The van der Waals surface area contributed by atoms with Gasteiger partial charge in [-0.2, -0.15) is 5.10 Å². The number of carbonyl (C=O) groups is 1. The fourth-order valence-corrected chi connectivity index (χ4v) is 3.30. The molecule has 1 unspecified atom stereocenters. The molecule has 0 fully saturated rings. The summed E-state index contributed by atoms with van der Waals surface area (Å²) in [5.74, 6) is -0.214. The van der Waals surface area contributed by atoms with Crippen molar-refractivity contribution in [2.24, 2.45) is 0 Å². The molecular weight excluding hydrogens is 362 g/mol. The number of nitrogens with zero attached hydrogens (tertiary/aromatic N) is 2. The number of fused-ring (bicyclic) bond motifs is 1. The van der Waals surface area contributed by atoms with E-state index in [4.69, 9.17) is 16.3 Å². The molecule has 6 heteroatoms. The van der Waals surface area contributed by atoms with Crippen molar-refractivity contribution in [2.45, 2.75) is 33.1 Å². The zero-order valence-electron chi connectivity index (χ0n) is 15.2. The normalized spacial score (nSPS) is 16.0. The largest absolute Gasteiger partial charge is 0.365 e. The summed E-state index contributed by atoms with van der Waals surface area (Å²) >= 11 is 5.95. The Kier molecular flexibility index (Phi) is 4.72. The summed E-state index contributed by atoms with van der Waals surface area (Å²) < 4.78 is 7.79. The minimum Gasteiger partial charge on any atom is -0.365 e. The van der Waals surface area contributed by atoms with E-state index in [0.29, 0.717) is 23.9 Å². The fraction of sp³-hybridized carbons (Fsp3) is 0.238. The van der Waals surface area contributed by atoms with E-state index in [1.807, 2.05) is 61.0 Å². The molecule has 1 aliphatic heterocycles. The first-order valence-electron chi connectivity index (χ1n) is 8.82. The molecule has 0 bridgehead atoms. The van der Waals surface area contributed by atoms with E-state index in [9.17, 15) is 4.79 Å². The summed E-state index contributed by atoms with van der Waals surface area (Å²) in [6.07, 6.45) is -0.107. The summed E-state index contributed by atoms with van der Waals surface area (Å²) in [6, 6.07) is 15.4. The second-order valence-electron chi connectivity index (χ2n) is 6.83. The Labute approximate surface area is 162 Å². The number of ether oxygens (including phenoxy) is 1. The molecule has 0 spiro atoms. The predicted molar refractivity (Wildman–Crippen MR) is 105 cm³/mol. The molecule has 2 heterocycles. The molecule has 0 aliphatic carbocycles. The van der Waals surface area contributed by atoms with Gasteiger partial charge < -0.3 is 10.1 Å². The summed E-state index contributed by atoms with van der Waals surface area (Å²) in [5, 5.41) is 8.14. The van der Waals surface area contributed by atoms with Crippen LogP contribution in [0.3, 0.4) is 0 Å². The zero-order valence-corrected chi connectivity index (χ0v) is 16.0. The van der Waals surface area contributed by atoms with Crippen LogP contribution in [0.4, 0.5) is 5.69 Å². The number of nitrogens with one attached hydrogen (secondary N) is 1. The van der Waals surface area contributed by atoms with Crippen molar-refractivity contribution in [3.8, 4) is 0 Å². The van der Waals surface area contributed by atoms with Crippen LogP contribution in [0.5, 0.6) is 0 Å². The molecule has 1 amide bonds. The van der Waals surface area contributed by atoms with Gasteiger partial charge in [-0.1, -0.05) is 35.9 Å². The number of amides is 1. The minimum atomic E-state index is -0.214.